The first kappa shape index (κ1) is 17.4. The molecule has 3 rings (SSSR count). The fourth-order valence-electron chi connectivity index (χ4n) is 3.95. The first-order valence-electron chi connectivity index (χ1n) is 9.28. The maximum absolute atomic E-state index is 12.5. The van der Waals surface area contributed by atoms with Gasteiger partial charge in [0.2, 0.25) is 5.91 Å². The number of carbonyl (C=O) groups is 1. The third kappa shape index (κ3) is 4.33. The van der Waals surface area contributed by atoms with Crippen LogP contribution >= 0.6 is 0 Å². The number of ether oxygens (including phenoxy) is 1. The van der Waals surface area contributed by atoms with Gasteiger partial charge in [0, 0.05) is 63.7 Å². The molecule has 1 amide bonds. The first-order valence-corrected chi connectivity index (χ1v) is 9.28. The molecule has 2 saturated heterocycles. The molecule has 0 unspecified atom stereocenters. The Balaban J connectivity index is 1.57. The van der Waals surface area contributed by atoms with Gasteiger partial charge in [-0.3, -0.25) is 14.7 Å². The summed E-state index contributed by atoms with van der Waals surface area (Å²) in [4.78, 5) is 21.3. The Morgan fingerprint density at radius 2 is 1.79 bits per heavy atom. The second-order valence-corrected chi connectivity index (χ2v) is 6.86. The summed E-state index contributed by atoms with van der Waals surface area (Å²) in [5, 5.41) is 0. The molecule has 0 aliphatic carbocycles. The standard InChI is InChI=1S/C19H29N3O2/c1-2-19(23)22(18-7-13-24-14-8-18)17-5-11-21(12-6-17)15-16-3-9-20-10-4-16/h3-4,9-10,17-18H,2,5-8,11-15H2,1H3. The highest BCUT2D eigenvalue weighted by molar-refractivity contribution is 5.76. The molecule has 0 bridgehead atoms. The average molecular weight is 331 g/mol. The van der Waals surface area contributed by atoms with Crippen molar-refractivity contribution in [3.63, 3.8) is 0 Å². The summed E-state index contributed by atoms with van der Waals surface area (Å²) in [7, 11) is 0. The van der Waals surface area contributed by atoms with Crippen LogP contribution in [0.5, 0.6) is 0 Å². The quantitative estimate of drug-likeness (QED) is 0.831. The minimum atomic E-state index is 0.314. The molecule has 2 fully saturated rings. The van der Waals surface area contributed by atoms with E-state index in [1.54, 1.807) is 0 Å². The van der Waals surface area contributed by atoms with Gasteiger partial charge in [-0.1, -0.05) is 6.92 Å². The molecule has 0 spiro atoms. The van der Waals surface area contributed by atoms with Crippen molar-refractivity contribution in [2.24, 2.45) is 0 Å². The number of aromatic nitrogens is 1. The number of pyridine rings is 1. The zero-order chi connectivity index (χ0) is 16.8. The maximum Gasteiger partial charge on any atom is 0.222 e. The number of carbonyl (C=O) groups excluding carboxylic acids is 1. The Bertz CT molecular complexity index is 509. The minimum Gasteiger partial charge on any atom is -0.381 e. The van der Waals surface area contributed by atoms with Crippen LogP contribution in [-0.4, -0.2) is 59.1 Å². The molecule has 1 aromatic heterocycles. The van der Waals surface area contributed by atoms with Crippen molar-refractivity contribution >= 4 is 5.91 Å². The van der Waals surface area contributed by atoms with E-state index in [0.717, 1.165) is 58.5 Å². The molecule has 0 radical (unpaired) electrons. The van der Waals surface area contributed by atoms with Crippen LogP contribution in [0.3, 0.4) is 0 Å². The molecule has 0 N–H and O–H groups in total. The van der Waals surface area contributed by atoms with E-state index in [2.05, 4.69) is 26.9 Å². The van der Waals surface area contributed by atoms with Crippen LogP contribution in [-0.2, 0) is 16.1 Å². The summed E-state index contributed by atoms with van der Waals surface area (Å²) < 4.78 is 5.48. The predicted molar refractivity (Wildman–Crippen MR) is 93.5 cm³/mol. The largest absolute Gasteiger partial charge is 0.381 e. The van der Waals surface area contributed by atoms with Gasteiger partial charge in [0.25, 0.3) is 0 Å². The van der Waals surface area contributed by atoms with Crippen LogP contribution in [0.25, 0.3) is 0 Å². The Hall–Kier alpha value is -1.46. The molecule has 132 valence electrons. The third-order valence-electron chi connectivity index (χ3n) is 5.28. The highest BCUT2D eigenvalue weighted by atomic mass is 16.5. The van der Waals surface area contributed by atoms with Gasteiger partial charge in [0.1, 0.15) is 0 Å². The number of hydrogen-bond acceptors (Lipinski definition) is 4. The predicted octanol–water partition coefficient (Wildman–Crippen LogP) is 2.46. The van der Waals surface area contributed by atoms with E-state index in [0.29, 0.717) is 24.4 Å². The normalized spacial score (nSPS) is 20.9. The zero-order valence-corrected chi connectivity index (χ0v) is 14.7. The van der Waals surface area contributed by atoms with Crippen molar-refractivity contribution in [3.05, 3.63) is 30.1 Å². The highest BCUT2D eigenvalue weighted by Gasteiger charge is 2.33. The van der Waals surface area contributed by atoms with Gasteiger partial charge in [0.05, 0.1) is 0 Å². The molecule has 5 nitrogen and oxygen atoms in total. The molecule has 2 aliphatic heterocycles. The van der Waals surface area contributed by atoms with Gasteiger partial charge >= 0.3 is 0 Å². The van der Waals surface area contributed by atoms with Crippen molar-refractivity contribution in [1.29, 1.82) is 0 Å². The molecule has 5 heteroatoms. The maximum atomic E-state index is 12.5. The summed E-state index contributed by atoms with van der Waals surface area (Å²) in [6, 6.07) is 4.94. The molecule has 2 aliphatic rings. The van der Waals surface area contributed by atoms with E-state index >= 15 is 0 Å². The van der Waals surface area contributed by atoms with E-state index in [-0.39, 0.29) is 0 Å². The van der Waals surface area contributed by atoms with Crippen molar-refractivity contribution < 1.29 is 9.53 Å². The van der Waals surface area contributed by atoms with Gasteiger partial charge < -0.3 is 9.64 Å². The second kappa shape index (κ2) is 8.58. The van der Waals surface area contributed by atoms with Gasteiger partial charge in [0.15, 0.2) is 0 Å². The van der Waals surface area contributed by atoms with E-state index in [9.17, 15) is 4.79 Å². The Morgan fingerprint density at radius 3 is 2.42 bits per heavy atom. The molecule has 3 heterocycles. The topological polar surface area (TPSA) is 45.7 Å². The molecule has 1 aromatic rings. The van der Waals surface area contributed by atoms with Crippen molar-refractivity contribution in [2.45, 2.75) is 57.7 Å². The van der Waals surface area contributed by atoms with Gasteiger partial charge in [-0.05, 0) is 43.4 Å². The summed E-state index contributed by atoms with van der Waals surface area (Å²) in [6.45, 7) is 6.66. The number of hydrogen-bond donors (Lipinski definition) is 0. The van der Waals surface area contributed by atoms with Crippen LogP contribution in [0, 0.1) is 0 Å². The number of amides is 1. The van der Waals surface area contributed by atoms with Gasteiger partial charge in [-0.15, -0.1) is 0 Å². The van der Waals surface area contributed by atoms with Crippen LogP contribution in [0.15, 0.2) is 24.5 Å². The summed E-state index contributed by atoms with van der Waals surface area (Å²) >= 11 is 0. The lowest BCUT2D eigenvalue weighted by Gasteiger charge is -2.43. The molecule has 0 saturated carbocycles. The molecular formula is C19H29N3O2. The second-order valence-electron chi connectivity index (χ2n) is 6.86. The molecule has 0 aromatic carbocycles. The lowest BCUT2D eigenvalue weighted by molar-refractivity contribution is -0.139. The number of nitrogens with zero attached hydrogens (tertiary/aromatic N) is 3. The van der Waals surface area contributed by atoms with E-state index in [4.69, 9.17) is 4.74 Å². The average Bonchev–Trinajstić information content (AvgIpc) is 2.65. The monoisotopic (exact) mass is 331 g/mol. The van der Waals surface area contributed by atoms with Crippen molar-refractivity contribution in [3.8, 4) is 0 Å². The van der Waals surface area contributed by atoms with Crippen LogP contribution in [0.1, 0.15) is 44.6 Å². The lowest BCUT2D eigenvalue weighted by Crippen LogP contribution is -2.52. The minimum absolute atomic E-state index is 0.314. The smallest absolute Gasteiger partial charge is 0.222 e. The SMILES string of the molecule is CCC(=O)N(C1CCOCC1)C1CCN(Cc2ccncc2)CC1. The van der Waals surface area contributed by atoms with E-state index in [1.165, 1.54) is 5.56 Å². The van der Waals surface area contributed by atoms with Crippen LogP contribution in [0.4, 0.5) is 0 Å². The summed E-state index contributed by atoms with van der Waals surface area (Å²) in [5.74, 6) is 0.314. The Labute approximate surface area is 145 Å². The summed E-state index contributed by atoms with van der Waals surface area (Å²) in [5.41, 5.74) is 1.31. The summed E-state index contributed by atoms with van der Waals surface area (Å²) in [6.07, 6.45) is 8.45. The third-order valence-corrected chi connectivity index (χ3v) is 5.28. The Morgan fingerprint density at radius 1 is 1.17 bits per heavy atom. The van der Waals surface area contributed by atoms with Crippen LogP contribution in [0.2, 0.25) is 0 Å². The molecular weight excluding hydrogens is 302 g/mol. The molecule has 0 atom stereocenters. The van der Waals surface area contributed by atoms with Crippen LogP contribution < -0.4 is 0 Å². The van der Waals surface area contributed by atoms with E-state index < -0.39 is 0 Å². The Kier molecular flexibility index (Phi) is 6.21. The molecule has 24 heavy (non-hydrogen) atoms. The fraction of sp³-hybridized carbons (Fsp3) is 0.684. The number of likely N-dealkylation sites (tertiary alicyclic amines) is 1. The zero-order valence-electron chi connectivity index (χ0n) is 14.7. The fourth-order valence-corrected chi connectivity index (χ4v) is 3.95. The van der Waals surface area contributed by atoms with E-state index in [1.807, 2.05) is 19.3 Å². The van der Waals surface area contributed by atoms with Gasteiger partial charge in [-0.25, -0.2) is 0 Å². The number of piperidine rings is 1. The number of rotatable bonds is 5. The van der Waals surface area contributed by atoms with Gasteiger partial charge in [-0.2, -0.15) is 0 Å². The van der Waals surface area contributed by atoms with Crippen molar-refractivity contribution in [2.75, 3.05) is 26.3 Å². The lowest BCUT2D eigenvalue weighted by atomic mass is 9.97. The first-order chi connectivity index (χ1) is 11.8. The highest BCUT2D eigenvalue weighted by Crippen LogP contribution is 2.25. The van der Waals surface area contributed by atoms with Crippen molar-refractivity contribution in [1.82, 2.24) is 14.8 Å².